The van der Waals surface area contributed by atoms with E-state index in [0.29, 0.717) is 5.75 Å². The van der Waals surface area contributed by atoms with Gasteiger partial charge >= 0.3 is 5.97 Å². The maximum atomic E-state index is 13.1. The van der Waals surface area contributed by atoms with Gasteiger partial charge in [-0.1, -0.05) is 6.07 Å². The number of ether oxygens (including phenoxy) is 2. The number of hydrogen-bond donors (Lipinski definition) is 1. The third-order valence-electron chi connectivity index (χ3n) is 2.49. The second-order valence-electron chi connectivity index (χ2n) is 4.88. The lowest BCUT2D eigenvalue weighted by Gasteiger charge is -2.28. The number of rotatable bonds is 6. The molecule has 0 aromatic heterocycles. The highest BCUT2D eigenvalue weighted by molar-refractivity contribution is 5.75. The summed E-state index contributed by atoms with van der Waals surface area (Å²) in [7, 11) is 0. The monoisotopic (exact) mass is 269 g/mol. The highest BCUT2D eigenvalue weighted by Crippen LogP contribution is 2.22. The molecule has 1 atom stereocenters. The molecule has 106 valence electrons. The fraction of sp³-hybridized carbons (Fsp3) is 0.500. The predicted molar refractivity (Wildman–Crippen MR) is 70.3 cm³/mol. The Balaban J connectivity index is 2.63. The van der Waals surface area contributed by atoms with Crippen molar-refractivity contribution in [3.8, 4) is 5.75 Å². The maximum Gasteiger partial charge on any atom is 0.323 e. The number of carbonyl (C=O) groups is 1. The fourth-order valence-electron chi connectivity index (χ4n) is 1.75. The Morgan fingerprint density at radius 1 is 1.47 bits per heavy atom. The lowest BCUT2D eigenvalue weighted by atomic mass is 9.99. The van der Waals surface area contributed by atoms with E-state index in [2.05, 4.69) is 0 Å². The Labute approximate surface area is 112 Å². The van der Waals surface area contributed by atoms with Gasteiger partial charge < -0.3 is 15.2 Å². The highest BCUT2D eigenvalue weighted by atomic mass is 19.1. The molecule has 0 aliphatic carbocycles. The maximum absolute atomic E-state index is 13.1. The minimum Gasteiger partial charge on any atom is -0.488 e. The molecular weight excluding hydrogens is 249 g/mol. The van der Waals surface area contributed by atoms with Gasteiger partial charge in [-0.15, -0.1) is 0 Å². The van der Waals surface area contributed by atoms with Gasteiger partial charge in [0.05, 0.1) is 6.61 Å². The molecule has 2 N–H and O–H groups in total. The summed E-state index contributed by atoms with van der Waals surface area (Å²) in [6.07, 6.45) is 0.280. The summed E-state index contributed by atoms with van der Waals surface area (Å²) in [5.41, 5.74) is 5.05. The van der Waals surface area contributed by atoms with Crippen molar-refractivity contribution < 1.29 is 18.7 Å². The van der Waals surface area contributed by atoms with Crippen LogP contribution in [0, 0.1) is 5.82 Å². The molecule has 5 heteroatoms. The lowest BCUT2D eigenvalue weighted by molar-refractivity contribution is -0.145. The molecule has 0 radical (unpaired) electrons. The normalized spacial score (nSPS) is 12.9. The molecule has 0 bridgehead atoms. The standard InChI is InChI=1S/C14H20FNO3/c1-4-18-13(17)12(16)9-14(2,3)19-11-7-5-6-10(15)8-11/h5-8,12H,4,9,16H2,1-3H3. The Hall–Kier alpha value is -1.62. The van der Waals surface area contributed by atoms with E-state index in [4.69, 9.17) is 15.2 Å². The van der Waals surface area contributed by atoms with E-state index in [1.807, 2.05) is 0 Å². The van der Waals surface area contributed by atoms with Crippen molar-refractivity contribution in [1.82, 2.24) is 0 Å². The zero-order valence-electron chi connectivity index (χ0n) is 11.5. The van der Waals surface area contributed by atoms with E-state index in [1.54, 1.807) is 32.9 Å². The molecule has 0 spiro atoms. The van der Waals surface area contributed by atoms with Gasteiger partial charge in [-0.3, -0.25) is 4.79 Å². The lowest BCUT2D eigenvalue weighted by Crippen LogP contribution is -2.42. The van der Waals surface area contributed by atoms with Crippen molar-refractivity contribution in [2.75, 3.05) is 6.61 Å². The van der Waals surface area contributed by atoms with E-state index < -0.39 is 17.6 Å². The van der Waals surface area contributed by atoms with Crippen molar-refractivity contribution in [3.63, 3.8) is 0 Å². The molecular formula is C14H20FNO3. The summed E-state index contributed by atoms with van der Waals surface area (Å²) in [4.78, 5) is 11.5. The Kier molecular flexibility index (Phi) is 5.30. The van der Waals surface area contributed by atoms with Crippen LogP contribution >= 0.6 is 0 Å². The average Bonchev–Trinajstić information content (AvgIpc) is 2.27. The second-order valence-corrected chi connectivity index (χ2v) is 4.88. The predicted octanol–water partition coefficient (Wildman–Crippen LogP) is 2.26. The summed E-state index contributed by atoms with van der Waals surface area (Å²) < 4.78 is 23.5. The van der Waals surface area contributed by atoms with Crippen molar-refractivity contribution in [3.05, 3.63) is 30.1 Å². The minimum absolute atomic E-state index is 0.280. The van der Waals surface area contributed by atoms with Crippen molar-refractivity contribution >= 4 is 5.97 Å². The van der Waals surface area contributed by atoms with Gasteiger partial charge in [0, 0.05) is 12.5 Å². The zero-order valence-corrected chi connectivity index (χ0v) is 11.5. The molecule has 1 rings (SSSR count). The molecule has 0 saturated heterocycles. The SMILES string of the molecule is CCOC(=O)C(N)CC(C)(C)Oc1cccc(F)c1. The molecule has 0 aliphatic heterocycles. The molecule has 0 fully saturated rings. The molecule has 1 aromatic rings. The van der Waals surface area contributed by atoms with Gasteiger partial charge in [0.15, 0.2) is 0 Å². The largest absolute Gasteiger partial charge is 0.488 e. The molecule has 0 aliphatic rings. The Bertz CT molecular complexity index is 434. The number of carbonyl (C=O) groups excluding carboxylic acids is 1. The van der Waals surface area contributed by atoms with Crippen LogP contribution in [0.2, 0.25) is 0 Å². The van der Waals surface area contributed by atoms with Gasteiger partial charge in [-0.2, -0.15) is 0 Å². The van der Waals surface area contributed by atoms with Gasteiger partial charge in [0.2, 0.25) is 0 Å². The highest BCUT2D eigenvalue weighted by Gasteiger charge is 2.28. The zero-order chi connectivity index (χ0) is 14.5. The van der Waals surface area contributed by atoms with Gasteiger partial charge in [-0.25, -0.2) is 4.39 Å². The fourth-order valence-corrected chi connectivity index (χ4v) is 1.75. The van der Waals surface area contributed by atoms with Gasteiger partial charge in [0.1, 0.15) is 23.2 Å². The molecule has 4 nitrogen and oxygen atoms in total. The summed E-state index contributed by atoms with van der Waals surface area (Å²) in [5, 5.41) is 0. The first kappa shape index (κ1) is 15.4. The van der Waals surface area contributed by atoms with Crippen LogP contribution in [0.5, 0.6) is 5.75 Å². The summed E-state index contributed by atoms with van der Waals surface area (Å²) in [6.45, 7) is 5.59. The topological polar surface area (TPSA) is 61.5 Å². The van der Waals surface area contributed by atoms with E-state index in [-0.39, 0.29) is 18.8 Å². The summed E-state index contributed by atoms with van der Waals surface area (Å²) >= 11 is 0. The van der Waals surface area contributed by atoms with E-state index >= 15 is 0 Å². The molecule has 1 unspecified atom stereocenters. The first-order chi connectivity index (χ1) is 8.84. The number of esters is 1. The van der Waals surface area contributed by atoms with Crippen LogP contribution in [-0.4, -0.2) is 24.2 Å². The van der Waals surface area contributed by atoms with Gasteiger partial charge in [-0.05, 0) is 32.9 Å². The summed E-state index contributed by atoms with van der Waals surface area (Å²) in [6, 6.07) is 5.08. The first-order valence-corrected chi connectivity index (χ1v) is 6.21. The molecule has 0 saturated carbocycles. The van der Waals surface area contributed by atoms with Crippen LogP contribution in [0.3, 0.4) is 0 Å². The molecule has 1 aromatic carbocycles. The minimum atomic E-state index is -0.761. The van der Waals surface area contributed by atoms with E-state index in [0.717, 1.165) is 0 Å². The van der Waals surface area contributed by atoms with Gasteiger partial charge in [0.25, 0.3) is 0 Å². The van der Waals surface area contributed by atoms with E-state index in [1.165, 1.54) is 12.1 Å². The number of hydrogen-bond acceptors (Lipinski definition) is 4. The van der Waals surface area contributed by atoms with Crippen LogP contribution in [0.4, 0.5) is 4.39 Å². The molecule has 0 amide bonds. The second kappa shape index (κ2) is 6.52. The molecule has 0 heterocycles. The number of nitrogens with two attached hydrogens (primary N) is 1. The van der Waals surface area contributed by atoms with Crippen LogP contribution < -0.4 is 10.5 Å². The van der Waals surface area contributed by atoms with Crippen molar-refractivity contribution in [2.45, 2.75) is 38.8 Å². The van der Waals surface area contributed by atoms with Crippen LogP contribution in [0.25, 0.3) is 0 Å². The number of benzene rings is 1. The first-order valence-electron chi connectivity index (χ1n) is 6.21. The van der Waals surface area contributed by atoms with Crippen molar-refractivity contribution in [1.29, 1.82) is 0 Å². The molecule has 19 heavy (non-hydrogen) atoms. The van der Waals surface area contributed by atoms with E-state index in [9.17, 15) is 9.18 Å². The Morgan fingerprint density at radius 2 is 2.16 bits per heavy atom. The quantitative estimate of drug-likeness (QED) is 0.805. The number of halogens is 1. The third kappa shape index (κ3) is 5.26. The smallest absolute Gasteiger partial charge is 0.323 e. The van der Waals surface area contributed by atoms with Crippen molar-refractivity contribution in [2.24, 2.45) is 5.73 Å². The summed E-state index contributed by atoms with van der Waals surface area (Å²) in [5.74, 6) is -0.428. The van der Waals surface area contributed by atoms with Crippen LogP contribution in [-0.2, 0) is 9.53 Å². The Morgan fingerprint density at radius 3 is 2.74 bits per heavy atom. The average molecular weight is 269 g/mol. The van der Waals surface area contributed by atoms with Crippen LogP contribution in [0.15, 0.2) is 24.3 Å². The van der Waals surface area contributed by atoms with Crippen LogP contribution in [0.1, 0.15) is 27.2 Å². The third-order valence-corrected chi connectivity index (χ3v) is 2.49.